The lowest BCUT2D eigenvalue weighted by Crippen LogP contribution is -2.36. The monoisotopic (exact) mass is 415 g/mol. The lowest BCUT2D eigenvalue weighted by atomic mass is 10.1. The predicted molar refractivity (Wildman–Crippen MR) is 111 cm³/mol. The van der Waals surface area contributed by atoms with Crippen LogP contribution < -0.4 is 14.4 Å². The van der Waals surface area contributed by atoms with Gasteiger partial charge in [0, 0.05) is 38.4 Å². The third-order valence-corrected chi connectivity index (χ3v) is 5.01. The maximum atomic E-state index is 13.0. The molecule has 0 aliphatic carbocycles. The maximum absolute atomic E-state index is 13.0. The standard InChI is InChI=1S/C21H25N3O6/c1-22(14-15-4-6-16(7-5-15)23-8-10-30-11-9-23)21(25)17-12-19(28-2)20(29-3)13-18(17)24(26)27/h4-7,12-13H,8-11,14H2,1-3H3. The lowest BCUT2D eigenvalue weighted by molar-refractivity contribution is -0.385. The molecule has 1 fully saturated rings. The number of nitro groups is 1. The molecule has 9 heteroatoms. The summed E-state index contributed by atoms with van der Waals surface area (Å²) < 4.78 is 15.7. The molecular weight excluding hydrogens is 390 g/mol. The fraction of sp³-hybridized carbons (Fsp3) is 0.381. The molecule has 0 spiro atoms. The van der Waals surface area contributed by atoms with Gasteiger partial charge in [0.15, 0.2) is 11.5 Å². The number of hydrogen-bond donors (Lipinski definition) is 0. The van der Waals surface area contributed by atoms with E-state index in [-0.39, 0.29) is 22.7 Å². The van der Waals surface area contributed by atoms with E-state index in [1.165, 1.54) is 31.3 Å². The van der Waals surface area contributed by atoms with Crippen molar-refractivity contribution in [3.05, 3.63) is 57.6 Å². The van der Waals surface area contributed by atoms with Crippen LogP contribution >= 0.6 is 0 Å². The van der Waals surface area contributed by atoms with E-state index in [4.69, 9.17) is 14.2 Å². The largest absolute Gasteiger partial charge is 0.493 e. The van der Waals surface area contributed by atoms with Crippen molar-refractivity contribution in [2.24, 2.45) is 0 Å². The molecule has 2 aromatic rings. The number of carbonyl (C=O) groups is 1. The van der Waals surface area contributed by atoms with Crippen molar-refractivity contribution in [3.63, 3.8) is 0 Å². The average Bonchev–Trinajstić information content (AvgIpc) is 2.78. The zero-order valence-electron chi connectivity index (χ0n) is 17.3. The minimum atomic E-state index is -0.597. The highest BCUT2D eigenvalue weighted by molar-refractivity contribution is 5.99. The molecule has 1 amide bonds. The van der Waals surface area contributed by atoms with Crippen LogP contribution in [0, 0.1) is 10.1 Å². The van der Waals surface area contributed by atoms with Crippen molar-refractivity contribution in [1.29, 1.82) is 0 Å². The van der Waals surface area contributed by atoms with Gasteiger partial charge in [0.05, 0.1) is 38.4 Å². The number of carbonyl (C=O) groups excluding carboxylic acids is 1. The Morgan fingerprint density at radius 3 is 2.30 bits per heavy atom. The highest BCUT2D eigenvalue weighted by atomic mass is 16.6. The topological polar surface area (TPSA) is 94.4 Å². The molecule has 0 saturated carbocycles. The molecule has 1 saturated heterocycles. The van der Waals surface area contributed by atoms with Gasteiger partial charge < -0.3 is 24.0 Å². The van der Waals surface area contributed by atoms with Gasteiger partial charge in [-0.3, -0.25) is 14.9 Å². The van der Waals surface area contributed by atoms with Crippen molar-refractivity contribution < 1.29 is 23.9 Å². The fourth-order valence-corrected chi connectivity index (χ4v) is 3.38. The van der Waals surface area contributed by atoms with Gasteiger partial charge >= 0.3 is 0 Å². The Labute approximate surface area is 174 Å². The molecule has 0 radical (unpaired) electrons. The molecule has 0 N–H and O–H groups in total. The zero-order valence-corrected chi connectivity index (χ0v) is 17.3. The van der Waals surface area contributed by atoms with Crippen LogP contribution in [0.15, 0.2) is 36.4 Å². The van der Waals surface area contributed by atoms with E-state index in [0.29, 0.717) is 19.8 Å². The molecule has 2 aromatic carbocycles. The van der Waals surface area contributed by atoms with Crippen molar-refractivity contribution in [2.45, 2.75) is 6.54 Å². The van der Waals surface area contributed by atoms with Crippen molar-refractivity contribution in [1.82, 2.24) is 4.90 Å². The lowest BCUT2D eigenvalue weighted by Gasteiger charge is -2.29. The first-order valence-corrected chi connectivity index (χ1v) is 9.52. The van der Waals surface area contributed by atoms with Crippen LogP contribution in [0.5, 0.6) is 11.5 Å². The Kier molecular flexibility index (Phi) is 6.73. The smallest absolute Gasteiger partial charge is 0.286 e. The summed E-state index contributed by atoms with van der Waals surface area (Å²) in [5, 5.41) is 11.5. The zero-order chi connectivity index (χ0) is 21.7. The Hall–Kier alpha value is -3.33. The van der Waals surface area contributed by atoms with E-state index < -0.39 is 10.8 Å². The van der Waals surface area contributed by atoms with Gasteiger partial charge in [-0.2, -0.15) is 0 Å². The molecule has 0 atom stereocenters. The maximum Gasteiger partial charge on any atom is 0.286 e. The summed E-state index contributed by atoms with van der Waals surface area (Å²) in [6.07, 6.45) is 0. The van der Waals surface area contributed by atoms with Crippen LogP contribution in [0.3, 0.4) is 0 Å². The number of methoxy groups -OCH3 is 2. The first-order chi connectivity index (χ1) is 14.4. The quantitative estimate of drug-likeness (QED) is 0.507. The molecule has 9 nitrogen and oxygen atoms in total. The van der Waals surface area contributed by atoms with Crippen LogP contribution in [0.4, 0.5) is 11.4 Å². The molecule has 1 aliphatic heterocycles. The second-order valence-corrected chi connectivity index (χ2v) is 6.91. The Morgan fingerprint density at radius 2 is 1.73 bits per heavy atom. The minimum absolute atomic E-state index is 0.0508. The highest BCUT2D eigenvalue weighted by Gasteiger charge is 2.26. The van der Waals surface area contributed by atoms with Gasteiger partial charge in [0.2, 0.25) is 0 Å². The molecule has 30 heavy (non-hydrogen) atoms. The van der Waals surface area contributed by atoms with Crippen molar-refractivity contribution in [2.75, 3.05) is 52.5 Å². The van der Waals surface area contributed by atoms with Gasteiger partial charge in [-0.25, -0.2) is 0 Å². The van der Waals surface area contributed by atoms with Gasteiger partial charge in [-0.15, -0.1) is 0 Å². The second-order valence-electron chi connectivity index (χ2n) is 6.91. The highest BCUT2D eigenvalue weighted by Crippen LogP contribution is 2.35. The number of morpholine rings is 1. The number of rotatable bonds is 7. The summed E-state index contributed by atoms with van der Waals surface area (Å²) in [7, 11) is 4.41. The van der Waals surface area contributed by atoms with E-state index in [9.17, 15) is 14.9 Å². The number of benzene rings is 2. The predicted octanol–water partition coefficient (Wildman–Crippen LogP) is 2.72. The van der Waals surface area contributed by atoms with Crippen LogP contribution in [0.1, 0.15) is 15.9 Å². The molecule has 0 unspecified atom stereocenters. The van der Waals surface area contributed by atoms with Crippen molar-refractivity contribution >= 4 is 17.3 Å². The Morgan fingerprint density at radius 1 is 1.13 bits per heavy atom. The first-order valence-electron chi connectivity index (χ1n) is 9.52. The number of amides is 1. The first kappa shape index (κ1) is 21.4. The third-order valence-electron chi connectivity index (χ3n) is 5.01. The van der Waals surface area contributed by atoms with E-state index in [1.54, 1.807) is 7.05 Å². The van der Waals surface area contributed by atoms with E-state index in [2.05, 4.69) is 4.90 Å². The SMILES string of the molecule is COc1cc(C(=O)N(C)Cc2ccc(N3CCOCC3)cc2)c([N+](=O)[O-])cc1OC. The summed E-state index contributed by atoms with van der Waals surface area (Å²) in [4.78, 5) is 27.5. The Balaban J connectivity index is 1.77. The molecule has 3 rings (SSSR count). The van der Waals surface area contributed by atoms with Crippen LogP contribution in [0.2, 0.25) is 0 Å². The minimum Gasteiger partial charge on any atom is -0.493 e. The molecule has 160 valence electrons. The summed E-state index contributed by atoms with van der Waals surface area (Å²) in [5.74, 6) is -0.0169. The van der Waals surface area contributed by atoms with Gasteiger partial charge in [0.1, 0.15) is 5.56 Å². The molecule has 0 aromatic heterocycles. The summed E-state index contributed by atoms with van der Waals surface area (Å²) in [6, 6.07) is 10.5. The second kappa shape index (κ2) is 9.45. The number of hydrogen-bond acceptors (Lipinski definition) is 7. The molecule has 1 aliphatic rings. The molecule has 1 heterocycles. The normalized spacial score (nSPS) is 13.6. The molecular formula is C21H25N3O6. The number of nitro benzene ring substituents is 1. The van der Waals surface area contributed by atoms with Gasteiger partial charge in [-0.1, -0.05) is 12.1 Å². The number of anilines is 1. The van der Waals surface area contributed by atoms with E-state index >= 15 is 0 Å². The third kappa shape index (κ3) is 4.62. The van der Waals surface area contributed by atoms with Crippen LogP contribution in [-0.4, -0.2) is 63.3 Å². The van der Waals surface area contributed by atoms with Gasteiger partial charge in [-0.05, 0) is 17.7 Å². The van der Waals surface area contributed by atoms with Crippen LogP contribution in [-0.2, 0) is 11.3 Å². The number of ether oxygens (including phenoxy) is 3. The van der Waals surface area contributed by atoms with E-state index in [1.807, 2.05) is 24.3 Å². The van der Waals surface area contributed by atoms with E-state index in [0.717, 1.165) is 24.3 Å². The van der Waals surface area contributed by atoms with Crippen LogP contribution in [0.25, 0.3) is 0 Å². The molecule has 0 bridgehead atoms. The Bertz CT molecular complexity index is 910. The fourth-order valence-electron chi connectivity index (χ4n) is 3.38. The van der Waals surface area contributed by atoms with Crippen molar-refractivity contribution in [3.8, 4) is 11.5 Å². The summed E-state index contributed by atoms with van der Waals surface area (Å²) >= 11 is 0. The van der Waals surface area contributed by atoms with Gasteiger partial charge in [0.25, 0.3) is 11.6 Å². The summed E-state index contributed by atoms with van der Waals surface area (Å²) in [5.41, 5.74) is 1.65. The number of nitrogens with zero attached hydrogens (tertiary/aromatic N) is 3. The average molecular weight is 415 g/mol. The summed E-state index contributed by atoms with van der Waals surface area (Å²) in [6.45, 7) is 3.43.